The van der Waals surface area contributed by atoms with Crippen molar-refractivity contribution in [3.8, 4) is 0 Å². The zero-order valence-electron chi connectivity index (χ0n) is 10.9. The molecule has 1 aromatic rings. The molecule has 0 saturated carbocycles. The summed E-state index contributed by atoms with van der Waals surface area (Å²) >= 11 is 0. The van der Waals surface area contributed by atoms with Gasteiger partial charge in [0.05, 0.1) is 24.2 Å². The van der Waals surface area contributed by atoms with E-state index in [0.717, 1.165) is 12.8 Å². The zero-order valence-corrected chi connectivity index (χ0v) is 10.9. The lowest BCUT2D eigenvalue weighted by Crippen LogP contribution is -2.37. The van der Waals surface area contributed by atoms with Crippen molar-refractivity contribution in [2.45, 2.75) is 26.7 Å². The highest BCUT2D eigenvalue weighted by Gasteiger charge is 2.13. The molecule has 0 aliphatic rings. The molecule has 0 spiro atoms. The van der Waals surface area contributed by atoms with Gasteiger partial charge in [0.1, 0.15) is 0 Å². The van der Waals surface area contributed by atoms with Crippen LogP contribution in [0.4, 0.5) is 10.5 Å². The summed E-state index contributed by atoms with van der Waals surface area (Å²) in [7, 11) is 0. The molecule has 6 nitrogen and oxygen atoms in total. The molecular weight excluding hydrogens is 232 g/mol. The Labute approximate surface area is 107 Å². The summed E-state index contributed by atoms with van der Waals surface area (Å²) in [5.41, 5.74) is 1.32. The van der Waals surface area contributed by atoms with E-state index in [0.29, 0.717) is 24.5 Å². The van der Waals surface area contributed by atoms with Gasteiger partial charge in [0.2, 0.25) is 0 Å². The van der Waals surface area contributed by atoms with Crippen molar-refractivity contribution in [2.75, 3.05) is 25.0 Å². The van der Waals surface area contributed by atoms with E-state index in [9.17, 15) is 4.79 Å². The first-order chi connectivity index (χ1) is 8.69. The molecule has 2 N–H and O–H groups in total. The van der Waals surface area contributed by atoms with E-state index < -0.39 is 0 Å². The van der Waals surface area contributed by atoms with E-state index in [1.807, 2.05) is 0 Å². The van der Waals surface area contributed by atoms with Crippen molar-refractivity contribution >= 4 is 11.7 Å². The van der Waals surface area contributed by atoms with Crippen molar-refractivity contribution in [1.82, 2.24) is 15.1 Å². The van der Waals surface area contributed by atoms with E-state index in [1.54, 1.807) is 17.9 Å². The molecule has 6 heteroatoms. The van der Waals surface area contributed by atoms with Gasteiger partial charge in [0, 0.05) is 13.1 Å². The number of anilines is 1. The molecule has 0 bridgehead atoms. The normalized spacial score (nSPS) is 10.2. The zero-order chi connectivity index (χ0) is 13.4. The van der Waals surface area contributed by atoms with Crippen LogP contribution in [0.3, 0.4) is 0 Å². The number of amides is 2. The van der Waals surface area contributed by atoms with Crippen LogP contribution < -0.4 is 5.32 Å². The van der Waals surface area contributed by atoms with Gasteiger partial charge < -0.3 is 15.3 Å². The number of hydrogen-bond acceptors (Lipinski definition) is 4. The molecule has 0 radical (unpaired) electrons. The molecule has 0 aliphatic carbocycles. The van der Waals surface area contributed by atoms with Crippen molar-refractivity contribution in [3.05, 3.63) is 18.0 Å². The molecule has 18 heavy (non-hydrogen) atoms. The molecule has 0 aromatic carbocycles. The predicted molar refractivity (Wildman–Crippen MR) is 69.4 cm³/mol. The minimum absolute atomic E-state index is 0.0370. The molecule has 0 atom stereocenters. The fourth-order valence-corrected chi connectivity index (χ4v) is 1.51. The summed E-state index contributed by atoms with van der Waals surface area (Å²) < 4.78 is 0. The molecule has 1 rings (SSSR count). The van der Waals surface area contributed by atoms with Crippen LogP contribution in [0.1, 0.15) is 25.5 Å². The van der Waals surface area contributed by atoms with E-state index in [4.69, 9.17) is 5.11 Å². The van der Waals surface area contributed by atoms with Crippen LogP contribution in [-0.4, -0.2) is 45.9 Å². The maximum Gasteiger partial charge on any atom is 0.321 e. The molecular formula is C12H20N4O2. The monoisotopic (exact) mass is 252 g/mol. The highest BCUT2D eigenvalue weighted by Crippen LogP contribution is 2.10. The summed E-state index contributed by atoms with van der Waals surface area (Å²) in [6.45, 7) is 4.78. The quantitative estimate of drug-likeness (QED) is 0.802. The molecule has 0 unspecified atom stereocenters. The van der Waals surface area contributed by atoms with Crippen LogP contribution in [0, 0.1) is 6.92 Å². The lowest BCUT2D eigenvalue weighted by Gasteiger charge is -2.22. The Bertz CT molecular complexity index is 384. The number of rotatable bonds is 6. The van der Waals surface area contributed by atoms with E-state index in [1.165, 1.54) is 6.20 Å². The van der Waals surface area contributed by atoms with Gasteiger partial charge in [-0.05, 0) is 19.4 Å². The first-order valence-electron chi connectivity index (χ1n) is 6.14. The maximum atomic E-state index is 12.0. The van der Waals surface area contributed by atoms with Gasteiger partial charge in [-0.15, -0.1) is 0 Å². The van der Waals surface area contributed by atoms with Crippen molar-refractivity contribution < 1.29 is 9.90 Å². The second-order valence-electron chi connectivity index (χ2n) is 4.02. The Morgan fingerprint density at radius 1 is 1.50 bits per heavy atom. The van der Waals surface area contributed by atoms with Crippen molar-refractivity contribution in [3.63, 3.8) is 0 Å². The second-order valence-corrected chi connectivity index (χ2v) is 4.02. The first kappa shape index (κ1) is 14.4. The summed E-state index contributed by atoms with van der Waals surface area (Å²) in [5, 5.41) is 19.3. The fraction of sp³-hybridized carbons (Fsp3) is 0.583. The SMILES string of the molecule is CCCCN(CCO)C(=O)Nc1ccnnc1C. The molecule has 1 heterocycles. The Kier molecular flexibility index (Phi) is 6.07. The molecule has 1 aromatic heterocycles. The number of aryl methyl sites for hydroxylation is 1. The molecule has 0 saturated heterocycles. The minimum Gasteiger partial charge on any atom is -0.395 e. The number of aromatic nitrogens is 2. The number of nitrogens with zero attached hydrogens (tertiary/aromatic N) is 3. The smallest absolute Gasteiger partial charge is 0.321 e. The molecule has 2 amide bonds. The van der Waals surface area contributed by atoms with E-state index in [2.05, 4.69) is 22.4 Å². The van der Waals surface area contributed by atoms with Gasteiger partial charge in [-0.25, -0.2) is 4.79 Å². The lowest BCUT2D eigenvalue weighted by molar-refractivity contribution is 0.187. The summed E-state index contributed by atoms with van der Waals surface area (Å²) in [5.74, 6) is 0. The van der Waals surface area contributed by atoms with Crippen molar-refractivity contribution in [1.29, 1.82) is 0 Å². The summed E-state index contributed by atoms with van der Waals surface area (Å²) in [4.78, 5) is 13.6. The van der Waals surface area contributed by atoms with E-state index >= 15 is 0 Å². The van der Waals surface area contributed by atoms with Crippen LogP contribution in [0.2, 0.25) is 0 Å². The number of carbonyl (C=O) groups is 1. The van der Waals surface area contributed by atoms with Crippen LogP contribution in [0.25, 0.3) is 0 Å². The highest BCUT2D eigenvalue weighted by atomic mass is 16.3. The van der Waals surface area contributed by atoms with E-state index in [-0.39, 0.29) is 12.6 Å². The second kappa shape index (κ2) is 7.60. The van der Waals surface area contributed by atoms with Gasteiger partial charge in [0.15, 0.2) is 0 Å². The maximum absolute atomic E-state index is 12.0. The van der Waals surface area contributed by atoms with Crippen molar-refractivity contribution in [2.24, 2.45) is 0 Å². The average molecular weight is 252 g/mol. The van der Waals surface area contributed by atoms with Gasteiger partial charge in [-0.3, -0.25) is 0 Å². The molecule has 100 valence electrons. The van der Waals surface area contributed by atoms with Gasteiger partial charge in [-0.2, -0.15) is 10.2 Å². The topological polar surface area (TPSA) is 78.4 Å². The standard InChI is InChI=1S/C12H20N4O2/c1-3-4-7-16(8-9-17)12(18)14-11-5-6-13-15-10(11)2/h5-6,17H,3-4,7-9H2,1-2H3,(H,13,14,18). The van der Waals surface area contributed by atoms with Crippen LogP contribution in [0.15, 0.2) is 12.3 Å². The van der Waals surface area contributed by atoms with Gasteiger partial charge >= 0.3 is 6.03 Å². The number of urea groups is 1. The number of aliphatic hydroxyl groups excluding tert-OH is 1. The number of nitrogens with one attached hydrogen (secondary N) is 1. The summed E-state index contributed by atoms with van der Waals surface area (Å²) in [6, 6.07) is 1.49. The predicted octanol–water partition coefficient (Wildman–Crippen LogP) is 1.41. The van der Waals surface area contributed by atoms with Crippen LogP contribution in [-0.2, 0) is 0 Å². The lowest BCUT2D eigenvalue weighted by atomic mass is 10.3. The first-order valence-corrected chi connectivity index (χ1v) is 6.14. The molecule has 0 fully saturated rings. The van der Waals surface area contributed by atoms with Crippen LogP contribution >= 0.6 is 0 Å². The van der Waals surface area contributed by atoms with Crippen LogP contribution in [0.5, 0.6) is 0 Å². The Balaban J connectivity index is 2.63. The number of aliphatic hydroxyl groups is 1. The fourth-order valence-electron chi connectivity index (χ4n) is 1.51. The number of unbranched alkanes of at least 4 members (excludes halogenated alkanes) is 1. The number of carbonyl (C=O) groups excluding carboxylic acids is 1. The highest BCUT2D eigenvalue weighted by molar-refractivity contribution is 5.89. The third kappa shape index (κ3) is 4.29. The minimum atomic E-state index is -0.214. The Morgan fingerprint density at radius 3 is 2.89 bits per heavy atom. The largest absolute Gasteiger partial charge is 0.395 e. The summed E-state index contributed by atoms with van der Waals surface area (Å²) in [6.07, 6.45) is 3.46. The number of hydrogen-bond donors (Lipinski definition) is 2. The third-order valence-electron chi connectivity index (χ3n) is 2.59. The average Bonchev–Trinajstić information content (AvgIpc) is 2.37. The Hall–Kier alpha value is -1.69. The van der Waals surface area contributed by atoms with Gasteiger partial charge in [0.25, 0.3) is 0 Å². The third-order valence-corrected chi connectivity index (χ3v) is 2.59. The molecule has 0 aliphatic heterocycles. The van der Waals surface area contributed by atoms with Gasteiger partial charge in [-0.1, -0.05) is 13.3 Å². The Morgan fingerprint density at radius 2 is 2.28 bits per heavy atom.